The van der Waals surface area contributed by atoms with Gasteiger partial charge in [-0.15, -0.1) is 19.7 Å². The highest BCUT2D eigenvalue weighted by molar-refractivity contribution is 7.85. The van der Waals surface area contributed by atoms with E-state index in [1.807, 2.05) is 18.2 Å². The van der Waals surface area contributed by atoms with Crippen LogP contribution in [0.1, 0.15) is 135 Å². The maximum absolute atomic E-state index is 12.6. The molecule has 0 atom stereocenters. The van der Waals surface area contributed by atoms with E-state index in [2.05, 4.69) is 25.1 Å². The summed E-state index contributed by atoms with van der Waals surface area (Å²) in [5, 5.41) is 2.95. The molecule has 11 heteroatoms. The summed E-state index contributed by atoms with van der Waals surface area (Å²) in [6, 6.07) is 0. The molecule has 0 saturated carbocycles. The second-order valence-electron chi connectivity index (χ2n) is 12.3. The minimum absolute atomic E-state index is 0.196. The Hall–Kier alpha value is -2.50. The lowest BCUT2D eigenvalue weighted by molar-refractivity contribution is -0.157. The lowest BCUT2D eigenvalue weighted by Crippen LogP contribution is -2.58. The summed E-state index contributed by atoms with van der Waals surface area (Å²) in [6.07, 6.45) is 23.1. The van der Waals surface area contributed by atoms with E-state index in [1.54, 1.807) is 0 Å². The van der Waals surface area contributed by atoms with Crippen molar-refractivity contribution >= 4 is 28.0 Å². The highest BCUT2D eigenvalue weighted by Crippen LogP contribution is 2.15. The molecule has 0 radical (unpaired) electrons. The first kappa shape index (κ1) is 44.5. The van der Waals surface area contributed by atoms with Crippen LogP contribution in [0, 0.1) is 0 Å². The molecule has 0 amide bonds. The summed E-state index contributed by atoms with van der Waals surface area (Å²) in [5.74, 6) is -2.00. The molecule has 0 saturated heterocycles. The highest BCUT2D eigenvalue weighted by atomic mass is 32.2. The van der Waals surface area contributed by atoms with E-state index < -0.39 is 39.3 Å². The van der Waals surface area contributed by atoms with Crippen molar-refractivity contribution < 1.29 is 41.6 Å². The molecule has 0 aliphatic carbocycles. The van der Waals surface area contributed by atoms with Crippen LogP contribution in [0.2, 0.25) is 0 Å². The van der Waals surface area contributed by atoms with Crippen molar-refractivity contribution in [3.05, 3.63) is 38.0 Å². The van der Waals surface area contributed by atoms with Crippen LogP contribution in [-0.4, -0.2) is 68.5 Å². The van der Waals surface area contributed by atoms with Crippen LogP contribution in [0.5, 0.6) is 0 Å². The van der Waals surface area contributed by atoms with Crippen LogP contribution in [0.3, 0.4) is 0 Å². The Morgan fingerprint density at radius 3 is 1.15 bits per heavy atom. The molecule has 0 rings (SSSR count). The fourth-order valence-corrected chi connectivity index (χ4v) is 5.22. The summed E-state index contributed by atoms with van der Waals surface area (Å²) in [4.78, 5) is 37.9. The molecule has 0 unspecified atom stereocenters. The van der Waals surface area contributed by atoms with Gasteiger partial charge in [-0.1, -0.05) is 76.0 Å². The van der Waals surface area contributed by atoms with Crippen LogP contribution in [-0.2, 0) is 38.7 Å². The van der Waals surface area contributed by atoms with Gasteiger partial charge in [-0.2, -0.15) is 8.42 Å². The van der Waals surface area contributed by atoms with Crippen molar-refractivity contribution in [3.8, 4) is 0 Å². The van der Waals surface area contributed by atoms with Crippen LogP contribution >= 0.6 is 0 Å². The first-order valence-electron chi connectivity index (χ1n) is 17.6. The van der Waals surface area contributed by atoms with Crippen molar-refractivity contribution in [1.82, 2.24) is 5.32 Å². The summed E-state index contributed by atoms with van der Waals surface area (Å²) in [6.45, 7) is 9.97. The molecule has 0 fully saturated rings. The van der Waals surface area contributed by atoms with E-state index in [9.17, 15) is 27.4 Å². The number of carbonyl (C=O) groups is 3. The zero-order valence-electron chi connectivity index (χ0n) is 28.9. The summed E-state index contributed by atoms with van der Waals surface area (Å²) >= 11 is 0. The fourth-order valence-electron chi connectivity index (χ4n) is 4.86. The Bertz CT molecular complexity index is 888. The van der Waals surface area contributed by atoms with Gasteiger partial charge in [0.1, 0.15) is 25.4 Å². The Kier molecular flexibility index (Phi) is 28.0. The normalized spacial score (nSPS) is 11.5. The predicted octanol–water partition coefficient (Wildman–Crippen LogP) is 7.58. The number of allylic oxidation sites excluding steroid dienone is 3. The van der Waals surface area contributed by atoms with Crippen LogP contribution in [0.25, 0.3) is 0 Å². The number of rotatable bonds is 34. The van der Waals surface area contributed by atoms with Gasteiger partial charge in [0, 0.05) is 25.8 Å². The fraction of sp³-hybridized carbons (Fsp3) is 0.750. The third-order valence-electron chi connectivity index (χ3n) is 7.76. The second kappa shape index (κ2) is 29.6. The molecule has 0 aromatic heterocycles. The number of nitrogens with one attached hydrogen (secondary N) is 1. The van der Waals surface area contributed by atoms with Gasteiger partial charge >= 0.3 is 17.9 Å². The van der Waals surface area contributed by atoms with E-state index in [1.165, 1.54) is 0 Å². The first-order chi connectivity index (χ1) is 22.6. The predicted molar refractivity (Wildman–Crippen MR) is 188 cm³/mol. The number of ether oxygens (including phenoxy) is 3. The Balaban J connectivity index is 5.31. The molecule has 47 heavy (non-hydrogen) atoms. The zero-order valence-corrected chi connectivity index (χ0v) is 29.7. The number of hydrogen-bond acceptors (Lipinski definition) is 9. The number of unbranched alkanes of at least 4 members (excludes halogenated alkanes) is 15. The quantitative estimate of drug-likeness (QED) is 0.0229. The zero-order chi connectivity index (χ0) is 35.1. The number of esters is 3. The van der Waals surface area contributed by atoms with Gasteiger partial charge in [0.25, 0.3) is 10.1 Å². The van der Waals surface area contributed by atoms with E-state index in [0.29, 0.717) is 19.3 Å². The van der Waals surface area contributed by atoms with E-state index in [-0.39, 0.29) is 45.6 Å². The smallest absolute Gasteiger partial charge is 0.305 e. The van der Waals surface area contributed by atoms with Crippen LogP contribution in [0.4, 0.5) is 0 Å². The van der Waals surface area contributed by atoms with Crippen molar-refractivity contribution in [2.45, 2.75) is 140 Å². The molecule has 0 bridgehead atoms. The molecular formula is C36H63NO9S. The van der Waals surface area contributed by atoms with E-state index in [4.69, 9.17) is 14.2 Å². The van der Waals surface area contributed by atoms with Crippen molar-refractivity contribution in [1.29, 1.82) is 0 Å². The lowest BCUT2D eigenvalue weighted by atomic mass is 10.0. The van der Waals surface area contributed by atoms with Gasteiger partial charge in [0.2, 0.25) is 0 Å². The van der Waals surface area contributed by atoms with Gasteiger partial charge in [0.05, 0.1) is 5.75 Å². The van der Waals surface area contributed by atoms with Crippen molar-refractivity contribution in [2.24, 2.45) is 0 Å². The monoisotopic (exact) mass is 685 g/mol. The van der Waals surface area contributed by atoms with Crippen LogP contribution < -0.4 is 5.32 Å². The van der Waals surface area contributed by atoms with Gasteiger partial charge in [-0.25, -0.2) is 0 Å². The molecule has 2 N–H and O–H groups in total. The highest BCUT2D eigenvalue weighted by Gasteiger charge is 2.36. The molecule has 0 aromatic rings. The number of carbonyl (C=O) groups excluding carboxylic acids is 3. The van der Waals surface area contributed by atoms with Crippen molar-refractivity contribution in [2.75, 3.05) is 32.1 Å². The largest absolute Gasteiger partial charge is 0.463 e. The maximum Gasteiger partial charge on any atom is 0.305 e. The minimum Gasteiger partial charge on any atom is -0.463 e. The standard InChI is InChI=1S/C36H63NO9S/c1-4-7-10-13-16-19-22-25-33(38)44-30-36(37-28-29-47(41,42)43,31-45-34(39)26-23-20-17-14-11-8-5-2)32-46-35(40)27-24-21-18-15-12-9-6-3/h4-6,37H,1-3,7-32H2,(H,41,42,43). The third-order valence-corrected chi connectivity index (χ3v) is 8.48. The Morgan fingerprint density at radius 2 is 0.851 bits per heavy atom. The third kappa shape index (κ3) is 29.4. The summed E-state index contributed by atoms with van der Waals surface area (Å²) in [5.41, 5.74) is -1.40. The van der Waals surface area contributed by atoms with E-state index >= 15 is 0 Å². The maximum atomic E-state index is 12.6. The average Bonchev–Trinajstić information content (AvgIpc) is 3.03. The SMILES string of the molecule is C=CCCCCCCCC(=O)OCC(COC(=O)CCCCCCCC=C)(COC(=O)CCCCCCCC=C)NCCS(=O)(=O)O. The van der Waals surface area contributed by atoms with Gasteiger partial charge in [-0.05, 0) is 57.8 Å². The lowest BCUT2D eigenvalue weighted by Gasteiger charge is -2.33. The molecule has 272 valence electrons. The number of hydrogen-bond donors (Lipinski definition) is 2. The van der Waals surface area contributed by atoms with Crippen molar-refractivity contribution in [3.63, 3.8) is 0 Å². The second-order valence-corrected chi connectivity index (χ2v) is 13.8. The van der Waals surface area contributed by atoms with Gasteiger partial charge < -0.3 is 19.5 Å². The molecule has 0 spiro atoms. The summed E-state index contributed by atoms with van der Waals surface area (Å²) in [7, 11) is -4.31. The topological polar surface area (TPSA) is 145 Å². The molecule has 0 aliphatic rings. The molecule has 0 heterocycles. The molecule has 0 aliphatic heterocycles. The molecule has 10 nitrogen and oxygen atoms in total. The Labute approximate surface area is 284 Å². The molecule has 0 aromatic carbocycles. The van der Waals surface area contributed by atoms with Gasteiger partial charge in [0.15, 0.2) is 0 Å². The summed E-state index contributed by atoms with van der Waals surface area (Å²) < 4.78 is 48.9. The minimum atomic E-state index is -4.31. The molecular weight excluding hydrogens is 622 g/mol. The Morgan fingerprint density at radius 1 is 0.553 bits per heavy atom. The average molecular weight is 686 g/mol. The van der Waals surface area contributed by atoms with Gasteiger partial charge in [-0.3, -0.25) is 18.9 Å². The van der Waals surface area contributed by atoms with E-state index in [0.717, 1.165) is 96.3 Å². The van der Waals surface area contributed by atoms with Crippen LogP contribution in [0.15, 0.2) is 38.0 Å². The first-order valence-corrected chi connectivity index (χ1v) is 19.2.